The van der Waals surface area contributed by atoms with Crippen molar-refractivity contribution in [2.75, 3.05) is 18.0 Å². The predicted octanol–water partition coefficient (Wildman–Crippen LogP) is 0.761. The summed E-state index contributed by atoms with van der Waals surface area (Å²) in [5.41, 5.74) is 0. The van der Waals surface area contributed by atoms with Crippen molar-refractivity contribution in [1.82, 2.24) is 10.2 Å². The number of aromatic nitrogens is 2. The normalized spacial score (nSPS) is 24.4. The number of nitrogens with zero attached hydrogens (tertiary/aromatic N) is 2. The number of H-pyrrole nitrogens is 1. The summed E-state index contributed by atoms with van der Waals surface area (Å²) in [7, 11) is 0. The van der Waals surface area contributed by atoms with Gasteiger partial charge in [0.05, 0.1) is 12.3 Å². The molecule has 13 heavy (non-hydrogen) atoms. The molecular formula is C9H15N3O. The summed E-state index contributed by atoms with van der Waals surface area (Å²) in [6.45, 7) is 1.74. The van der Waals surface area contributed by atoms with Crippen LogP contribution in [0, 0.1) is 0 Å². The van der Waals surface area contributed by atoms with Crippen LogP contribution in [0.3, 0.4) is 0 Å². The smallest absolute Gasteiger partial charge is 0.124 e. The topological polar surface area (TPSA) is 52.1 Å². The second kappa shape index (κ2) is 3.79. The first kappa shape index (κ1) is 8.56. The average molecular weight is 181 g/mol. The Morgan fingerprint density at radius 3 is 3.23 bits per heavy atom. The Balaban J connectivity index is 2.05. The van der Waals surface area contributed by atoms with Gasteiger partial charge in [-0.3, -0.25) is 5.10 Å². The van der Waals surface area contributed by atoms with Gasteiger partial charge in [-0.2, -0.15) is 5.10 Å². The van der Waals surface area contributed by atoms with Crippen molar-refractivity contribution in [1.29, 1.82) is 0 Å². The number of hydrogen-bond acceptors (Lipinski definition) is 3. The van der Waals surface area contributed by atoms with E-state index in [9.17, 15) is 5.11 Å². The third-order valence-corrected chi connectivity index (χ3v) is 2.47. The van der Waals surface area contributed by atoms with Gasteiger partial charge in [0.15, 0.2) is 0 Å². The van der Waals surface area contributed by atoms with Gasteiger partial charge in [-0.1, -0.05) is 0 Å². The molecule has 0 aliphatic carbocycles. The standard InChI is InChI=1S/C9H15N3O/c13-8-3-1-2-6-12(7-8)9-4-5-10-11-9/h4-5,8,13H,1-3,6-7H2,(H,10,11)/t8-/m0/s1. The van der Waals surface area contributed by atoms with Gasteiger partial charge in [0.2, 0.25) is 0 Å². The number of anilines is 1. The highest BCUT2D eigenvalue weighted by Gasteiger charge is 2.16. The van der Waals surface area contributed by atoms with Gasteiger partial charge >= 0.3 is 0 Å². The van der Waals surface area contributed by atoms with Gasteiger partial charge in [-0.05, 0) is 19.3 Å². The zero-order valence-electron chi connectivity index (χ0n) is 7.61. The summed E-state index contributed by atoms with van der Waals surface area (Å²) < 4.78 is 0. The van der Waals surface area contributed by atoms with E-state index in [4.69, 9.17) is 0 Å². The van der Waals surface area contributed by atoms with Crippen molar-refractivity contribution in [2.24, 2.45) is 0 Å². The summed E-state index contributed by atoms with van der Waals surface area (Å²) in [6.07, 6.45) is 4.74. The number of rotatable bonds is 1. The van der Waals surface area contributed by atoms with Crippen LogP contribution in [0.5, 0.6) is 0 Å². The van der Waals surface area contributed by atoms with E-state index in [1.54, 1.807) is 6.20 Å². The second-order valence-corrected chi connectivity index (χ2v) is 3.54. The summed E-state index contributed by atoms with van der Waals surface area (Å²) in [6, 6.07) is 1.94. The van der Waals surface area contributed by atoms with Crippen molar-refractivity contribution in [3.8, 4) is 0 Å². The van der Waals surface area contributed by atoms with Crippen LogP contribution in [-0.4, -0.2) is 34.5 Å². The van der Waals surface area contributed by atoms with Crippen LogP contribution in [0.4, 0.5) is 5.82 Å². The quantitative estimate of drug-likeness (QED) is 0.672. The Kier molecular flexibility index (Phi) is 2.49. The zero-order valence-corrected chi connectivity index (χ0v) is 7.61. The van der Waals surface area contributed by atoms with E-state index in [0.717, 1.165) is 38.2 Å². The van der Waals surface area contributed by atoms with E-state index in [1.807, 2.05) is 6.07 Å². The zero-order chi connectivity index (χ0) is 9.10. The highest BCUT2D eigenvalue weighted by molar-refractivity contribution is 5.36. The minimum Gasteiger partial charge on any atom is -0.391 e. The highest BCUT2D eigenvalue weighted by Crippen LogP contribution is 2.16. The number of β-amino-alcohol motifs (C(OH)–C–C–N with tert-alkyl or cyclic N) is 1. The van der Waals surface area contributed by atoms with E-state index in [2.05, 4.69) is 15.1 Å². The van der Waals surface area contributed by atoms with Crippen LogP contribution in [0.2, 0.25) is 0 Å². The molecule has 72 valence electrons. The molecule has 4 nitrogen and oxygen atoms in total. The molecule has 0 radical (unpaired) electrons. The molecule has 0 aromatic carbocycles. The van der Waals surface area contributed by atoms with Crippen molar-refractivity contribution in [2.45, 2.75) is 25.4 Å². The molecule has 0 spiro atoms. The molecule has 1 aromatic rings. The first-order valence-electron chi connectivity index (χ1n) is 4.78. The minimum absolute atomic E-state index is 0.189. The van der Waals surface area contributed by atoms with Crippen LogP contribution in [0.25, 0.3) is 0 Å². The molecule has 2 rings (SSSR count). The molecule has 4 heteroatoms. The number of nitrogens with one attached hydrogen (secondary N) is 1. The van der Waals surface area contributed by atoms with Crippen LogP contribution in [-0.2, 0) is 0 Å². The highest BCUT2D eigenvalue weighted by atomic mass is 16.3. The molecule has 2 heterocycles. The van der Waals surface area contributed by atoms with E-state index in [-0.39, 0.29) is 6.10 Å². The molecule has 0 unspecified atom stereocenters. The Labute approximate surface area is 77.6 Å². The second-order valence-electron chi connectivity index (χ2n) is 3.54. The lowest BCUT2D eigenvalue weighted by molar-refractivity contribution is 0.174. The fraction of sp³-hybridized carbons (Fsp3) is 0.667. The molecule has 1 fully saturated rings. The third kappa shape index (κ3) is 2.01. The SMILES string of the molecule is O[C@H]1CCCCN(c2ccn[nH]2)C1. The van der Waals surface area contributed by atoms with Crippen molar-refractivity contribution >= 4 is 5.82 Å². The Bertz CT molecular complexity index is 247. The maximum atomic E-state index is 9.58. The lowest BCUT2D eigenvalue weighted by Crippen LogP contribution is -2.30. The monoisotopic (exact) mass is 181 g/mol. The van der Waals surface area contributed by atoms with Gasteiger partial charge < -0.3 is 10.0 Å². The molecule has 1 atom stereocenters. The lowest BCUT2D eigenvalue weighted by atomic mass is 10.2. The van der Waals surface area contributed by atoms with Gasteiger partial charge in [0, 0.05) is 19.2 Å². The van der Waals surface area contributed by atoms with Crippen molar-refractivity contribution in [3.05, 3.63) is 12.3 Å². The summed E-state index contributed by atoms with van der Waals surface area (Å²) in [5, 5.41) is 16.4. The largest absolute Gasteiger partial charge is 0.391 e. The van der Waals surface area contributed by atoms with Gasteiger partial charge in [-0.15, -0.1) is 0 Å². The maximum Gasteiger partial charge on any atom is 0.124 e. The minimum atomic E-state index is -0.189. The van der Waals surface area contributed by atoms with Crippen LogP contribution in [0.15, 0.2) is 12.3 Å². The first-order valence-corrected chi connectivity index (χ1v) is 4.78. The van der Waals surface area contributed by atoms with Gasteiger partial charge in [0.1, 0.15) is 5.82 Å². The van der Waals surface area contributed by atoms with Crippen LogP contribution < -0.4 is 4.90 Å². The van der Waals surface area contributed by atoms with E-state index < -0.39 is 0 Å². The summed E-state index contributed by atoms with van der Waals surface area (Å²) in [5.74, 6) is 1.01. The van der Waals surface area contributed by atoms with E-state index >= 15 is 0 Å². The molecule has 0 amide bonds. The summed E-state index contributed by atoms with van der Waals surface area (Å²) in [4.78, 5) is 2.16. The molecule has 2 N–H and O–H groups in total. The third-order valence-electron chi connectivity index (χ3n) is 2.47. The first-order chi connectivity index (χ1) is 6.36. The molecular weight excluding hydrogens is 166 g/mol. The lowest BCUT2D eigenvalue weighted by Gasteiger charge is -2.21. The van der Waals surface area contributed by atoms with E-state index in [1.165, 1.54) is 0 Å². The van der Waals surface area contributed by atoms with Gasteiger partial charge in [-0.25, -0.2) is 0 Å². The average Bonchev–Trinajstić information content (AvgIpc) is 2.56. The fourth-order valence-electron chi connectivity index (χ4n) is 1.76. The van der Waals surface area contributed by atoms with Crippen LogP contribution >= 0.6 is 0 Å². The van der Waals surface area contributed by atoms with E-state index in [0.29, 0.717) is 0 Å². The molecule has 0 saturated carbocycles. The Morgan fingerprint density at radius 1 is 1.54 bits per heavy atom. The Hall–Kier alpha value is -1.03. The van der Waals surface area contributed by atoms with Crippen LogP contribution in [0.1, 0.15) is 19.3 Å². The maximum absolute atomic E-state index is 9.58. The molecule has 1 aliphatic rings. The number of aliphatic hydroxyl groups excluding tert-OH is 1. The summed E-state index contributed by atoms with van der Waals surface area (Å²) >= 11 is 0. The Morgan fingerprint density at radius 2 is 2.46 bits per heavy atom. The van der Waals surface area contributed by atoms with Gasteiger partial charge in [0.25, 0.3) is 0 Å². The predicted molar refractivity (Wildman–Crippen MR) is 50.7 cm³/mol. The molecule has 0 bridgehead atoms. The molecule has 1 aliphatic heterocycles. The number of hydrogen-bond donors (Lipinski definition) is 2. The molecule has 1 aromatic heterocycles. The number of aromatic amines is 1. The number of aliphatic hydroxyl groups is 1. The van der Waals surface area contributed by atoms with Crippen molar-refractivity contribution < 1.29 is 5.11 Å². The fourth-order valence-corrected chi connectivity index (χ4v) is 1.76. The van der Waals surface area contributed by atoms with Crippen molar-refractivity contribution in [3.63, 3.8) is 0 Å². The molecule has 1 saturated heterocycles.